The number of benzene rings is 2. The molecule has 0 aliphatic rings. The normalized spacial score (nSPS) is 10.8. The van der Waals surface area contributed by atoms with E-state index in [1.807, 2.05) is 31.2 Å². The number of hydrogen-bond acceptors (Lipinski definition) is 5. The number of hydrazone groups is 1. The number of amides is 1. The molecule has 0 aliphatic heterocycles. The lowest BCUT2D eigenvalue weighted by atomic mass is 10.1. The van der Waals surface area contributed by atoms with Crippen molar-refractivity contribution in [3.8, 4) is 22.8 Å². The van der Waals surface area contributed by atoms with Crippen LogP contribution in [0, 0.1) is 6.92 Å². The Balaban J connectivity index is 1.76. The van der Waals surface area contributed by atoms with Gasteiger partial charge >= 0.3 is 0 Å². The quantitative estimate of drug-likeness (QED) is 0.519. The standard InChI is InChI=1S/C20H20N4O3/c1-13-6-4-5-7-14(13)12-21-24-20(25)18-11-17(22-23-18)16-10-15(26-2)8-9-19(16)27-3/h4-12H,1-3H3,(H,22,23)(H,24,25). The summed E-state index contributed by atoms with van der Waals surface area (Å²) in [5.74, 6) is 0.912. The summed E-state index contributed by atoms with van der Waals surface area (Å²) in [7, 11) is 3.16. The van der Waals surface area contributed by atoms with E-state index in [9.17, 15) is 4.79 Å². The number of aryl methyl sites for hydroxylation is 1. The number of aromatic nitrogens is 2. The highest BCUT2D eigenvalue weighted by Crippen LogP contribution is 2.32. The average molecular weight is 364 g/mol. The van der Waals surface area contributed by atoms with Crippen LogP contribution >= 0.6 is 0 Å². The number of hydrogen-bond donors (Lipinski definition) is 2. The van der Waals surface area contributed by atoms with Gasteiger partial charge in [0.05, 0.1) is 26.1 Å². The third-order valence-corrected chi connectivity index (χ3v) is 4.06. The lowest BCUT2D eigenvalue weighted by Gasteiger charge is -2.08. The van der Waals surface area contributed by atoms with Crippen LogP contribution < -0.4 is 14.9 Å². The molecule has 0 saturated carbocycles. The molecule has 1 aromatic heterocycles. The van der Waals surface area contributed by atoms with Crippen LogP contribution in [0.1, 0.15) is 21.6 Å². The summed E-state index contributed by atoms with van der Waals surface area (Å²) in [5, 5.41) is 10.9. The van der Waals surface area contributed by atoms with E-state index in [4.69, 9.17) is 9.47 Å². The minimum atomic E-state index is -0.388. The Labute approximate surface area is 157 Å². The zero-order valence-electron chi connectivity index (χ0n) is 15.3. The molecule has 2 N–H and O–H groups in total. The molecule has 27 heavy (non-hydrogen) atoms. The molecule has 1 heterocycles. The predicted molar refractivity (Wildman–Crippen MR) is 103 cm³/mol. The maximum Gasteiger partial charge on any atom is 0.289 e. The van der Waals surface area contributed by atoms with Crippen molar-refractivity contribution in [2.75, 3.05) is 14.2 Å². The maximum absolute atomic E-state index is 12.3. The fraction of sp³-hybridized carbons (Fsp3) is 0.150. The molecule has 0 radical (unpaired) electrons. The number of H-pyrrole nitrogens is 1. The van der Waals surface area contributed by atoms with Crippen molar-refractivity contribution in [2.45, 2.75) is 6.92 Å². The maximum atomic E-state index is 12.3. The first-order valence-corrected chi connectivity index (χ1v) is 8.29. The van der Waals surface area contributed by atoms with E-state index in [1.54, 1.807) is 44.7 Å². The van der Waals surface area contributed by atoms with E-state index < -0.39 is 0 Å². The molecule has 0 aliphatic carbocycles. The third-order valence-electron chi connectivity index (χ3n) is 4.06. The van der Waals surface area contributed by atoms with Gasteiger partial charge in [-0.2, -0.15) is 10.2 Å². The van der Waals surface area contributed by atoms with Crippen LogP contribution in [0.15, 0.2) is 53.6 Å². The van der Waals surface area contributed by atoms with Gasteiger partial charge in [0.15, 0.2) is 0 Å². The Bertz CT molecular complexity index is 979. The van der Waals surface area contributed by atoms with E-state index in [0.29, 0.717) is 17.2 Å². The lowest BCUT2D eigenvalue weighted by Crippen LogP contribution is -2.18. The van der Waals surface area contributed by atoms with Crippen molar-refractivity contribution >= 4 is 12.1 Å². The Morgan fingerprint density at radius 2 is 1.96 bits per heavy atom. The first-order valence-electron chi connectivity index (χ1n) is 8.29. The second-order valence-corrected chi connectivity index (χ2v) is 5.79. The first kappa shape index (κ1) is 18.2. The SMILES string of the molecule is COc1ccc(OC)c(-c2cc(C(=O)NN=Cc3ccccc3C)[nH]n2)c1. The number of aromatic amines is 1. The Morgan fingerprint density at radius 1 is 1.15 bits per heavy atom. The number of nitrogens with zero attached hydrogens (tertiary/aromatic N) is 2. The zero-order valence-corrected chi connectivity index (χ0v) is 15.3. The van der Waals surface area contributed by atoms with Crippen LogP contribution in [0.4, 0.5) is 0 Å². The molecule has 138 valence electrons. The van der Waals surface area contributed by atoms with Gasteiger partial charge in [0, 0.05) is 5.56 Å². The molecule has 0 unspecified atom stereocenters. The molecule has 0 spiro atoms. The summed E-state index contributed by atoms with van der Waals surface area (Å²) in [6, 6.07) is 14.8. The molecule has 2 aromatic carbocycles. The molecule has 7 heteroatoms. The summed E-state index contributed by atoms with van der Waals surface area (Å²) in [4.78, 5) is 12.3. The van der Waals surface area contributed by atoms with Crippen LogP contribution in [0.25, 0.3) is 11.3 Å². The molecule has 3 aromatic rings. The molecular weight excluding hydrogens is 344 g/mol. The third kappa shape index (κ3) is 4.14. The number of carbonyl (C=O) groups excluding carboxylic acids is 1. The van der Waals surface area contributed by atoms with Crippen LogP contribution in [0.2, 0.25) is 0 Å². The first-order chi connectivity index (χ1) is 13.1. The Hall–Kier alpha value is -3.61. The van der Waals surface area contributed by atoms with Crippen molar-refractivity contribution in [3.63, 3.8) is 0 Å². The minimum Gasteiger partial charge on any atom is -0.497 e. The second-order valence-electron chi connectivity index (χ2n) is 5.79. The molecule has 0 bridgehead atoms. The Morgan fingerprint density at radius 3 is 2.70 bits per heavy atom. The van der Waals surface area contributed by atoms with Gasteiger partial charge in [-0.25, -0.2) is 5.43 Å². The number of ether oxygens (including phenoxy) is 2. The summed E-state index contributed by atoms with van der Waals surface area (Å²) >= 11 is 0. The lowest BCUT2D eigenvalue weighted by molar-refractivity contribution is 0.0950. The average Bonchev–Trinajstić information content (AvgIpc) is 3.19. The highest BCUT2D eigenvalue weighted by Gasteiger charge is 2.14. The van der Waals surface area contributed by atoms with Gasteiger partial charge in [-0.15, -0.1) is 0 Å². The summed E-state index contributed by atoms with van der Waals surface area (Å²) in [6.07, 6.45) is 1.61. The summed E-state index contributed by atoms with van der Waals surface area (Å²) in [6.45, 7) is 1.98. The van der Waals surface area contributed by atoms with Gasteiger partial charge in [-0.3, -0.25) is 9.89 Å². The van der Waals surface area contributed by atoms with E-state index in [1.165, 1.54) is 0 Å². The van der Waals surface area contributed by atoms with Crippen molar-refractivity contribution < 1.29 is 14.3 Å². The number of nitrogens with one attached hydrogen (secondary N) is 2. The predicted octanol–water partition coefficient (Wildman–Crippen LogP) is 3.17. The van der Waals surface area contributed by atoms with Crippen LogP contribution in [0.3, 0.4) is 0 Å². The van der Waals surface area contributed by atoms with Crippen molar-refractivity contribution in [1.82, 2.24) is 15.6 Å². The second kappa shape index (κ2) is 8.18. The number of carbonyl (C=O) groups is 1. The van der Waals surface area contributed by atoms with Crippen LogP contribution in [0.5, 0.6) is 11.5 Å². The molecule has 1 amide bonds. The molecule has 3 rings (SSSR count). The minimum absolute atomic E-state index is 0.289. The topological polar surface area (TPSA) is 88.6 Å². The van der Waals surface area contributed by atoms with Gasteiger partial charge in [0.1, 0.15) is 17.2 Å². The van der Waals surface area contributed by atoms with E-state index >= 15 is 0 Å². The monoisotopic (exact) mass is 364 g/mol. The molecule has 0 atom stereocenters. The van der Waals surface area contributed by atoms with Crippen LogP contribution in [-0.4, -0.2) is 36.5 Å². The van der Waals surface area contributed by atoms with Crippen molar-refractivity contribution in [3.05, 3.63) is 65.4 Å². The molecule has 0 saturated heterocycles. The summed E-state index contributed by atoms with van der Waals surface area (Å²) < 4.78 is 10.6. The van der Waals surface area contributed by atoms with Gasteiger partial charge in [0.25, 0.3) is 5.91 Å². The van der Waals surface area contributed by atoms with Crippen molar-refractivity contribution in [1.29, 1.82) is 0 Å². The smallest absolute Gasteiger partial charge is 0.289 e. The number of methoxy groups -OCH3 is 2. The zero-order chi connectivity index (χ0) is 19.2. The van der Waals surface area contributed by atoms with E-state index in [0.717, 1.165) is 16.7 Å². The summed E-state index contributed by atoms with van der Waals surface area (Å²) in [5.41, 5.74) is 6.08. The highest BCUT2D eigenvalue weighted by molar-refractivity contribution is 5.94. The van der Waals surface area contributed by atoms with Crippen LogP contribution in [-0.2, 0) is 0 Å². The van der Waals surface area contributed by atoms with Gasteiger partial charge < -0.3 is 9.47 Å². The fourth-order valence-electron chi connectivity index (χ4n) is 2.54. The fourth-order valence-corrected chi connectivity index (χ4v) is 2.54. The van der Waals surface area contributed by atoms with E-state index in [2.05, 4.69) is 20.7 Å². The largest absolute Gasteiger partial charge is 0.497 e. The molecule has 0 fully saturated rings. The highest BCUT2D eigenvalue weighted by atomic mass is 16.5. The molecule has 7 nitrogen and oxygen atoms in total. The molecular formula is C20H20N4O3. The van der Waals surface area contributed by atoms with Gasteiger partial charge in [-0.1, -0.05) is 24.3 Å². The van der Waals surface area contributed by atoms with Crippen molar-refractivity contribution in [2.24, 2.45) is 5.10 Å². The number of rotatable bonds is 6. The Kier molecular flexibility index (Phi) is 5.51. The van der Waals surface area contributed by atoms with Gasteiger partial charge in [0.2, 0.25) is 0 Å². The van der Waals surface area contributed by atoms with Gasteiger partial charge in [-0.05, 0) is 42.3 Å². The van der Waals surface area contributed by atoms with E-state index in [-0.39, 0.29) is 11.6 Å².